The summed E-state index contributed by atoms with van der Waals surface area (Å²) in [6.45, 7) is 0.296. The Morgan fingerprint density at radius 2 is 1.88 bits per heavy atom. The molecule has 0 spiro atoms. The van der Waals surface area contributed by atoms with Crippen molar-refractivity contribution in [3.63, 3.8) is 0 Å². The molecular weight excluding hydrogens is 204 g/mol. The van der Waals surface area contributed by atoms with Crippen LogP contribution in [-0.4, -0.2) is 19.0 Å². The summed E-state index contributed by atoms with van der Waals surface area (Å²) in [6.07, 6.45) is 0. The van der Waals surface area contributed by atoms with Crippen molar-refractivity contribution in [1.29, 1.82) is 0 Å². The van der Waals surface area contributed by atoms with Crippen LogP contribution in [0.25, 0.3) is 10.8 Å². The van der Waals surface area contributed by atoms with Gasteiger partial charge in [-0.2, -0.15) is 0 Å². The number of rotatable bonds is 4. The fraction of sp³-hybridized carbons (Fsp3) is 0.231. The van der Waals surface area contributed by atoms with Gasteiger partial charge in [-0.15, -0.1) is 0 Å². The largest absolute Gasteiger partial charge is 0.468 e. The van der Waals surface area contributed by atoms with Gasteiger partial charge < -0.3 is 14.6 Å². The predicted molar refractivity (Wildman–Crippen MR) is 62.4 cm³/mol. The second-order valence-corrected chi connectivity index (χ2v) is 3.55. The minimum Gasteiger partial charge on any atom is -0.468 e. The summed E-state index contributed by atoms with van der Waals surface area (Å²) in [5, 5.41) is 11.2. The van der Waals surface area contributed by atoms with Crippen LogP contribution in [-0.2, 0) is 11.3 Å². The molecule has 0 fully saturated rings. The van der Waals surface area contributed by atoms with E-state index in [4.69, 9.17) is 14.6 Å². The highest BCUT2D eigenvalue weighted by molar-refractivity contribution is 5.84. The summed E-state index contributed by atoms with van der Waals surface area (Å²) in [4.78, 5) is 0. The molecule has 0 amide bonds. The zero-order chi connectivity index (χ0) is 11.4. The van der Waals surface area contributed by atoms with Gasteiger partial charge in [0.05, 0.1) is 6.61 Å². The van der Waals surface area contributed by atoms with Gasteiger partial charge in [-0.25, -0.2) is 0 Å². The molecule has 0 aliphatic rings. The molecule has 0 saturated carbocycles. The SMILES string of the molecule is COCOc1ccc2ccc(CO)cc2c1. The zero-order valence-electron chi connectivity index (χ0n) is 9.14. The van der Waals surface area contributed by atoms with Crippen molar-refractivity contribution in [3.05, 3.63) is 42.0 Å². The summed E-state index contributed by atoms with van der Waals surface area (Å²) >= 11 is 0. The van der Waals surface area contributed by atoms with Crippen molar-refractivity contribution < 1.29 is 14.6 Å². The summed E-state index contributed by atoms with van der Waals surface area (Å²) < 4.78 is 10.2. The van der Waals surface area contributed by atoms with Gasteiger partial charge in [0.15, 0.2) is 6.79 Å². The van der Waals surface area contributed by atoms with Crippen molar-refractivity contribution in [2.24, 2.45) is 0 Å². The van der Waals surface area contributed by atoms with Gasteiger partial charge >= 0.3 is 0 Å². The average Bonchev–Trinajstić information content (AvgIpc) is 2.35. The molecule has 2 rings (SSSR count). The van der Waals surface area contributed by atoms with Crippen LogP contribution in [0.4, 0.5) is 0 Å². The molecule has 16 heavy (non-hydrogen) atoms. The number of hydrogen-bond acceptors (Lipinski definition) is 3. The van der Waals surface area contributed by atoms with Crippen LogP contribution >= 0.6 is 0 Å². The minimum absolute atomic E-state index is 0.0547. The maximum atomic E-state index is 9.06. The molecule has 0 unspecified atom stereocenters. The van der Waals surface area contributed by atoms with Gasteiger partial charge in [0, 0.05) is 7.11 Å². The predicted octanol–water partition coefficient (Wildman–Crippen LogP) is 2.31. The van der Waals surface area contributed by atoms with E-state index in [1.807, 2.05) is 36.4 Å². The highest BCUT2D eigenvalue weighted by Gasteiger charge is 1.98. The third-order valence-electron chi connectivity index (χ3n) is 2.40. The molecular formula is C13H14O3. The molecule has 0 aliphatic heterocycles. The van der Waals surface area contributed by atoms with Crippen LogP contribution in [0, 0.1) is 0 Å². The zero-order valence-corrected chi connectivity index (χ0v) is 9.14. The van der Waals surface area contributed by atoms with Crippen molar-refractivity contribution in [1.82, 2.24) is 0 Å². The lowest BCUT2D eigenvalue weighted by Crippen LogP contribution is -1.98. The molecule has 1 N–H and O–H groups in total. The van der Waals surface area contributed by atoms with Crippen LogP contribution in [0.1, 0.15) is 5.56 Å². The molecule has 0 saturated heterocycles. The van der Waals surface area contributed by atoms with E-state index in [0.717, 1.165) is 22.1 Å². The van der Waals surface area contributed by atoms with Crippen molar-refractivity contribution in [2.45, 2.75) is 6.61 Å². The maximum Gasteiger partial charge on any atom is 0.188 e. The number of fused-ring (bicyclic) bond motifs is 1. The van der Waals surface area contributed by atoms with Crippen molar-refractivity contribution in [3.8, 4) is 5.75 Å². The maximum absolute atomic E-state index is 9.06. The average molecular weight is 218 g/mol. The van der Waals surface area contributed by atoms with E-state index in [1.165, 1.54) is 0 Å². The Morgan fingerprint density at radius 1 is 1.06 bits per heavy atom. The van der Waals surface area contributed by atoms with E-state index in [9.17, 15) is 0 Å². The Hall–Kier alpha value is -1.58. The molecule has 2 aromatic carbocycles. The molecule has 0 atom stereocenters. The van der Waals surface area contributed by atoms with Gasteiger partial charge in [0.1, 0.15) is 5.75 Å². The second-order valence-electron chi connectivity index (χ2n) is 3.55. The molecule has 0 aromatic heterocycles. The summed E-state index contributed by atoms with van der Waals surface area (Å²) in [5.74, 6) is 0.768. The third-order valence-corrected chi connectivity index (χ3v) is 2.40. The van der Waals surface area contributed by atoms with Gasteiger partial charge in [-0.05, 0) is 34.5 Å². The first-order chi connectivity index (χ1) is 7.83. The standard InChI is InChI=1S/C13H14O3/c1-15-9-16-13-5-4-11-3-2-10(8-14)6-12(11)7-13/h2-7,14H,8-9H2,1H3. The van der Waals surface area contributed by atoms with Crippen LogP contribution in [0.3, 0.4) is 0 Å². The Labute approximate surface area is 94.2 Å². The molecule has 2 aromatic rings. The van der Waals surface area contributed by atoms with Crippen molar-refractivity contribution >= 4 is 10.8 Å². The van der Waals surface area contributed by atoms with Crippen LogP contribution in [0.2, 0.25) is 0 Å². The van der Waals surface area contributed by atoms with Crippen LogP contribution in [0.5, 0.6) is 5.75 Å². The van der Waals surface area contributed by atoms with Crippen molar-refractivity contribution in [2.75, 3.05) is 13.9 Å². The monoisotopic (exact) mass is 218 g/mol. The topological polar surface area (TPSA) is 38.7 Å². The van der Waals surface area contributed by atoms with E-state index in [0.29, 0.717) is 0 Å². The van der Waals surface area contributed by atoms with E-state index in [2.05, 4.69) is 0 Å². The number of methoxy groups -OCH3 is 1. The summed E-state index contributed by atoms with van der Waals surface area (Å²) in [6, 6.07) is 11.7. The third kappa shape index (κ3) is 2.32. The number of benzene rings is 2. The van der Waals surface area contributed by atoms with Gasteiger partial charge in [-0.3, -0.25) is 0 Å². The molecule has 0 aliphatic carbocycles. The number of ether oxygens (including phenoxy) is 2. The molecule has 0 heterocycles. The Balaban J connectivity index is 2.35. The Kier molecular flexibility index (Phi) is 3.39. The van der Waals surface area contributed by atoms with Gasteiger partial charge in [0.25, 0.3) is 0 Å². The second kappa shape index (κ2) is 4.96. The Bertz CT molecular complexity index is 480. The van der Waals surface area contributed by atoms with E-state index >= 15 is 0 Å². The number of aliphatic hydroxyl groups excluding tert-OH is 1. The number of aliphatic hydroxyl groups is 1. The smallest absolute Gasteiger partial charge is 0.188 e. The van der Waals surface area contributed by atoms with E-state index < -0.39 is 0 Å². The fourth-order valence-corrected chi connectivity index (χ4v) is 1.59. The molecule has 0 bridgehead atoms. The lowest BCUT2D eigenvalue weighted by molar-refractivity contribution is 0.0512. The molecule has 3 heteroatoms. The Morgan fingerprint density at radius 3 is 2.62 bits per heavy atom. The summed E-state index contributed by atoms with van der Waals surface area (Å²) in [5.41, 5.74) is 0.899. The first kappa shape index (κ1) is 10.9. The minimum atomic E-state index is 0.0547. The first-order valence-electron chi connectivity index (χ1n) is 5.09. The highest BCUT2D eigenvalue weighted by Crippen LogP contribution is 2.22. The van der Waals surface area contributed by atoms with E-state index in [-0.39, 0.29) is 13.4 Å². The van der Waals surface area contributed by atoms with E-state index in [1.54, 1.807) is 7.11 Å². The van der Waals surface area contributed by atoms with Gasteiger partial charge in [-0.1, -0.05) is 18.2 Å². The highest BCUT2D eigenvalue weighted by atomic mass is 16.7. The number of hydrogen-bond donors (Lipinski definition) is 1. The van der Waals surface area contributed by atoms with Crippen LogP contribution < -0.4 is 4.74 Å². The lowest BCUT2D eigenvalue weighted by Gasteiger charge is -2.06. The lowest BCUT2D eigenvalue weighted by atomic mass is 10.1. The first-order valence-corrected chi connectivity index (χ1v) is 5.09. The molecule has 0 radical (unpaired) electrons. The fourth-order valence-electron chi connectivity index (χ4n) is 1.59. The van der Waals surface area contributed by atoms with Crippen LogP contribution in [0.15, 0.2) is 36.4 Å². The quantitative estimate of drug-likeness (QED) is 0.800. The normalized spacial score (nSPS) is 10.6. The molecule has 3 nitrogen and oxygen atoms in total. The molecule has 84 valence electrons. The van der Waals surface area contributed by atoms with Gasteiger partial charge in [0.2, 0.25) is 0 Å². The summed E-state index contributed by atoms with van der Waals surface area (Å²) in [7, 11) is 1.59.